The van der Waals surface area contributed by atoms with Crippen LogP contribution < -0.4 is 14.7 Å². The van der Waals surface area contributed by atoms with Gasteiger partial charge in [-0.15, -0.1) is 0 Å². The average Bonchev–Trinajstić information content (AvgIpc) is 1.52. The quantitative estimate of drug-likeness (QED) is 0.149. The number of halogens is 9. The SMILES string of the molecule is Cc1ccc(N(c2cc3c(c4ccccc24)-c2c(cc(N(c4ccc(C(F)(F)F)cc4)c4cccc5c4oc4c(C(F)(F)F)cccc45)c4ccccc24)C32c3ccccc3N(c3ccccc3)c3ccccc32)c2cccc3c2oc2c(C(F)(F)F)cccc23)cc1. The van der Waals surface area contributed by atoms with Crippen LogP contribution in [0.1, 0.15) is 44.5 Å². The molecule has 93 heavy (non-hydrogen) atoms. The van der Waals surface area contributed by atoms with Crippen LogP contribution in [0.5, 0.6) is 0 Å². The molecule has 1 spiro atoms. The first-order chi connectivity index (χ1) is 45.0. The largest absolute Gasteiger partial charge is 0.453 e. The molecular formula is C79H46F9N3O2. The van der Waals surface area contributed by atoms with E-state index in [9.17, 15) is 39.5 Å². The number of furan rings is 2. The Morgan fingerprint density at radius 1 is 0.323 bits per heavy atom. The smallest absolute Gasteiger partial charge is 0.420 e. The zero-order chi connectivity index (χ0) is 63.4. The van der Waals surface area contributed by atoms with Crippen LogP contribution in [-0.2, 0) is 23.9 Å². The lowest BCUT2D eigenvalue weighted by Gasteiger charge is -2.45. The van der Waals surface area contributed by atoms with Crippen molar-refractivity contribution < 1.29 is 48.3 Å². The van der Waals surface area contributed by atoms with Crippen LogP contribution in [0.25, 0.3) is 76.5 Å². The zero-order valence-corrected chi connectivity index (χ0v) is 48.9. The molecule has 15 aromatic rings. The van der Waals surface area contributed by atoms with Crippen LogP contribution in [0.3, 0.4) is 0 Å². The molecule has 0 bridgehead atoms. The second-order valence-electron chi connectivity index (χ2n) is 23.6. The predicted octanol–water partition coefficient (Wildman–Crippen LogP) is 24.2. The third-order valence-corrected chi connectivity index (χ3v) is 18.5. The lowest BCUT2D eigenvalue weighted by Crippen LogP contribution is -2.36. The number of para-hydroxylation sites is 7. The Hall–Kier alpha value is -11.3. The number of hydrogen-bond acceptors (Lipinski definition) is 5. The number of nitrogens with zero attached hydrogens (tertiary/aromatic N) is 3. The van der Waals surface area contributed by atoms with Crippen LogP contribution >= 0.6 is 0 Å². The average molecular weight is 1240 g/mol. The maximum Gasteiger partial charge on any atom is 0.420 e. The van der Waals surface area contributed by atoms with Gasteiger partial charge in [0.2, 0.25) is 0 Å². The molecule has 1 aliphatic carbocycles. The molecule has 3 heterocycles. The Kier molecular flexibility index (Phi) is 12.1. The van der Waals surface area contributed by atoms with Crippen molar-refractivity contribution in [2.75, 3.05) is 14.7 Å². The van der Waals surface area contributed by atoms with Gasteiger partial charge in [-0.2, -0.15) is 39.5 Å². The molecule has 17 rings (SSSR count). The number of aryl methyl sites for hydroxylation is 1. The number of fused-ring (bicyclic) bond motifs is 19. The summed E-state index contributed by atoms with van der Waals surface area (Å²) >= 11 is 0. The van der Waals surface area contributed by atoms with Crippen molar-refractivity contribution in [2.24, 2.45) is 0 Å². The molecule has 14 heteroatoms. The Balaban J connectivity index is 1.03. The van der Waals surface area contributed by atoms with Crippen LogP contribution in [0.4, 0.5) is 90.7 Å². The molecule has 2 aliphatic rings. The van der Waals surface area contributed by atoms with Gasteiger partial charge in [0.15, 0.2) is 11.2 Å². The number of anilines is 9. The normalized spacial score (nSPS) is 13.5. The minimum Gasteiger partial charge on any atom is -0.453 e. The molecule has 0 saturated carbocycles. The summed E-state index contributed by atoms with van der Waals surface area (Å²) in [5.41, 5.74) is 6.85. The summed E-state index contributed by atoms with van der Waals surface area (Å²) in [6.07, 6.45) is -14.2. The lowest BCUT2D eigenvalue weighted by atomic mass is 9.64. The van der Waals surface area contributed by atoms with Gasteiger partial charge < -0.3 is 23.5 Å². The topological polar surface area (TPSA) is 36.0 Å². The van der Waals surface area contributed by atoms with Gasteiger partial charge in [-0.05, 0) is 148 Å². The highest BCUT2D eigenvalue weighted by atomic mass is 19.4. The van der Waals surface area contributed by atoms with Crippen LogP contribution in [0.15, 0.2) is 270 Å². The van der Waals surface area contributed by atoms with Crippen LogP contribution in [0.2, 0.25) is 0 Å². The molecule has 0 atom stereocenters. The van der Waals surface area contributed by atoms with E-state index in [2.05, 4.69) is 52.3 Å². The van der Waals surface area contributed by atoms with Crippen molar-refractivity contribution in [3.05, 3.63) is 305 Å². The predicted molar refractivity (Wildman–Crippen MR) is 351 cm³/mol. The molecule has 0 amide bonds. The third kappa shape index (κ3) is 8.22. The fraction of sp³-hybridized carbons (Fsp3) is 0.0633. The Morgan fingerprint density at radius 2 is 0.699 bits per heavy atom. The van der Waals surface area contributed by atoms with Crippen molar-refractivity contribution in [1.82, 2.24) is 0 Å². The molecule has 0 saturated heterocycles. The Morgan fingerprint density at radius 3 is 1.14 bits per heavy atom. The highest BCUT2D eigenvalue weighted by Crippen LogP contribution is 2.68. The molecule has 452 valence electrons. The van der Waals surface area contributed by atoms with E-state index in [0.717, 1.165) is 96.4 Å². The maximum atomic E-state index is 15.0. The van der Waals surface area contributed by atoms with Gasteiger partial charge in [0.25, 0.3) is 0 Å². The van der Waals surface area contributed by atoms with Gasteiger partial charge in [0.05, 0.1) is 56.2 Å². The first kappa shape index (κ1) is 55.8. The highest BCUT2D eigenvalue weighted by molar-refractivity contribution is 6.21. The summed E-state index contributed by atoms with van der Waals surface area (Å²) in [6, 6.07) is 77.6. The summed E-state index contributed by atoms with van der Waals surface area (Å²) in [6.45, 7) is 1.98. The van der Waals surface area contributed by atoms with E-state index in [4.69, 9.17) is 8.83 Å². The van der Waals surface area contributed by atoms with Gasteiger partial charge in [0, 0.05) is 49.4 Å². The summed E-state index contributed by atoms with van der Waals surface area (Å²) in [4.78, 5) is 6.08. The highest BCUT2D eigenvalue weighted by Gasteiger charge is 2.54. The van der Waals surface area contributed by atoms with E-state index in [1.54, 1.807) is 41.3 Å². The minimum atomic E-state index is -4.80. The molecule has 0 radical (unpaired) electrons. The van der Waals surface area contributed by atoms with Gasteiger partial charge in [-0.25, -0.2) is 0 Å². The fourth-order valence-corrected chi connectivity index (χ4v) is 14.8. The van der Waals surface area contributed by atoms with Crippen molar-refractivity contribution >= 4 is 117 Å². The van der Waals surface area contributed by atoms with Crippen molar-refractivity contribution in [1.29, 1.82) is 0 Å². The van der Waals surface area contributed by atoms with E-state index in [-0.39, 0.29) is 33.5 Å². The number of benzene rings is 13. The van der Waals surface area contributed by atoms with Gasteiger partial charge >= 0.3 is 18.5 Å². The molecule has 0 unspecified atom stereocenters. The molecule has 13 aromatic carbocycles. The van der Waals surface area contributed by atoms with E-state index in [1.165, 1.54) is 24.3 Å². The third-order valence-electron chi connectivity index (χ3n) is 18.5. The fourth-order valence-electron chi connectivity index (χ4n) is 14.8. The van der Waals surface area contributed by atoms with Gasteiger partial charge in [0.1, 0.15) is 11.2 Å². The monoisotopic (exact) mass is 1240 g/mol. The van der Waals surface area contributed by atoms with Crippen LogP contribution in [0, 0.1) is 6.92 Å². The van der Waals surface area contributed by atoms with Crippen LogP contribution in [-0.4, -0.2) is 0 Å². The van der Waals surface area contributed by atoms with Crippen molar-refractivity contribution in [2.45, 2.75) is 30.9 Å². The second-order valence-corrected chi connectivity index (χ2v) is 23.6. The van der Waals surface area contributed by atoms with E-state index >= 15 is 0 Å². The van der Waals surface area contributed by atoms with E-state index in [1.807, 2.05) is 140 Å². The molecule has 0 N–H and O–H groups in total. The van der Waals surface area contributed by atoms with Crippen molar-refractivity contribution in [3.63, 3.8) is 0 Å². The molecular weight excluding hydrogens is 1190 g/mol. The number of hydrogen-bond donors (Lipinski definition) is 0. The molecule has 2 aromatic heterocycles. The Labute approximate surface area is 524 Å². The summed E-state index contributed by atoms with van der Waals surface area (Å²) in [5, 5.41) is 4.33. The van der Waals surface area contributed by atoms with Gasteiger partial charge in [-0.1, -0.05) is 169 Å². The van der Waals surface area contributed by atoms with E-state index in [0.29, 0.717) is 44.3 Å². The van der Waals surface area contributed by atoms with Gasteiger partial charge in [-0.3, -0.25) is 0 Å². The Bertz CT molecular complexity index is 5530. The summed E-state index contributed by atoms with van der Waals surface area (Å²) in [5.74, 6) is 0. The first-order valence-corrected chi connectivity index (χ1v) is 30.0. The second kappa shape index (κ2) is 20.1. The lowest BCUT2D eigenvalue weighted by molar-refractivity contribution is -0.138. The standard InChI is InChI=1S/C79H46F9N3O2/c1-45-35-39-48(40-36-45)90(66-33-15-25-56-54-23-13-29-60(78(83,84)85)72(54)92-74(56)66)68-43-62-70(52-21-7-5-19-50(52)68)71-53-22-8-6-20-51(53)69(44-63(71)76(62)58-27-9-11-31-64(58)89(47-17-3-2-4-18-47)65-32-12-10-28-59(65)76)91(49-41-37-46(38-42-49)77(80,81)82)67-34-16-26-57-55-24-14-30-61(79(86,87)88)73(55)93-75(57)67/h2-44H,1H3. The minimum absolute atomic E-state index is 0.0690. The maximum absolute atomic E-state index is 15.0. The molecule has 0 fully saturated rings. The summed E-state index contributed by atoms with van der Waals surface area (Å²) in [7, 11) is 0. The summed E-state index contributed by atoms with van der Waals surface area (Å²) < 4.78 is 147. The van der Waals surface area contributed by atoms with Crippen molar-refractivity contribution in [3.8, 4) is 11.1 Å². The first-order valence-electron chi connectivity index (χ1n) is 30.0. The zero-order valence-electron chi connectivity index (χ0n) is 48.9. The molecule has 1 aliphatic heterocycles. The number of rotatable bonds is 7. The number of alkyl halides is 9. The van der Waals surface area contributed by atoms with E-state index < -0.39 is 46.2 Å². The molecule has 5 nitrogen and oxygen atoms in total.